The van der Waals surface area contributed by atoms with E-state index in [1.807, 2.05) is 11.0 Å². The van der Waals surface area contributed by atoms with Gasteiger partial charge in [0.15, 0.2) is 0 Å². The second kappa shape index (κ2) is 7.52. The minimum atomic E-state index is -4.05. The van der Waals surface area contributed by atoms with E-state index in [9.17, 15) is 17.6 Å². The second-order valence-electron chi connectivity index (χ2n) is 7.68. The van der Waals surface area contributed by atoms with Crippen LogP contribution in [-0.2, 0) is 21.6 Å². The molecule has 1 aliphatic rings. The van der Waals surface area contributed by atoms with Crippen LogP contribution >= 0.6 is 0 Å². The van der Waals surface area contributed by atoms with Gasteiger partial charge in [-0.1, -0.05) is 6.07 Å². The van der Waals surface area contributed by atoms with Crippen molar-refractivity contribution >= 4 is 26.4 Å². The van der Waals surface area contributed by atoms with Gasteiger partial charge >= 0.3 is 0 Å². The number of sulfone groups is 1. The van der Waals surface area contributed by atoms with Gasteiger partial charge in [-0.2, -0.15) is 0 Å². The maximum Gasteiger partial charge on any atom is 0.211 e. The van der Waals surface area contributed by atoms with Gasteiger partial charge in [0.1, 0.15) is 10.7 Å². The van der Waals surface area contributed by atoms with Crippen molar-refractivity contribution < 1.29 is 17.5 Å². The normalized spacial score (nSPS) is 15.0. The van der Waals surface area contributed by atoms with Crippen molar-refractivity contribution in [2.75, 3.05) is 31.2 Å². The van der Waals surface area contributed by atoms with Crippen LogP contribution in [0.2, 0.25) is 0 Å². The van der Waals surface area contributed by atoms with Crippen molar-refractivity contribution in [3.8, 4) is 0 Å². The molecule has 2 heterocycles. The zero-order chi connectivity index (χ0) is 21.6. The summed E-state index contributed by atoms with van der Waals surface area (Å²) in [4.78, 5) is 14.7. The number of benzene rings is 2. The number of hydrogen-bond donors (Lipinski definition) is 0. The van der Waals surface area contributed by atoms with Crippen LogP contribution in [0.1, 0.15) is 11.1 Å². The Hall–Kier alpha value is -2.71. The Labute approximate surface area is 174 Å². The first-order valence-electron chi connectivity index (χ1n) is 9.67. The largest absolute Gasteiger partial charge is 0.378 e. The van der Waals surface area contributed by atoms with Crippen molar-refractivity contribution in [2.24, 2.45) is 7.05 Å². The molecule has 0 N–H and O–H groups in total. The molecule has 1 aromatic heterocycles. The van der Waals surface area contributed by atoms with E-state index in [2.05, 4.69) is 0 Å². The summed E-state index contributed by atoms with van der Waals surface area (Å²) in [6, 6.07) is 7.68. The number of aryl methyl sites for hydroxylation is 3. The summed E-state index contributed by atoms with van der Waals surface area (Å²) in [5.41, 5.74) is 1.72. The Kier molecular flexibility index (Phi) is 5.15. The van der Waals surface area contributed by atoms with Crippen molar-refractivity contribution in [2.45, 2.75) is 23.6 Å². The minimum absolute atomic E-state index is 0.0393. The minimum Gasteiger partial charge on any atom is -0.378 e. The number of pyridine rings is 1. The summed E-state index contributed by atoms with van der Waals surface area (Å²) in [5.74, 6) is -0.553. The second-order valence-corrected chi connectivity index (χ2v) is 9.60. The number of ether oxygens (including phenoxy) is 1. The van der Waals surface area contributed by atoms with Gasteiger partial charge in [-0.25, -0.2) is 12.8 Å². The van der Waals surface area contributed by atoms with Gasteiger partial charge in [-0.05, 0) is 49.2 Å². The standard InChI is InChI=1S/C22H23FN2O4S/c1-14-8-15(2)10-16(9-14)30(27,28)21-13-24(3)19-12-20(25-4-6-29-7-5-25)18(23)11-17(19)22(21)26/h8-13H,4-7H2,1-3H3. The zero-order valence-corrected chi connectivity index (χ0v) is 17.9. The van der Waals surface area contributed by atoms with Crippen LogP contribution < -0.4 is 10.3 Å². The maximum absolute atomic E-state index is 14.9. The number of aromatic nitrogens is 1. The smallest absolute Gasteiger partial charge is 0.211 e. The molecular formula is C22H23FN2O4S. The Morgan fingerprint density at radius 1 is 1.00 bits per heavy atom. The zero-order valence-electron chi connectivity index (χ0n) is 17.1. The van der Waals surface area contributed by atoms with Crippen LogP contribution in [0.4, 0.5) is 10.1 Å². The van der Waals surface area contributed by atoms with E-state index in [0.29, 0.717) is 37.5 Å². The first-order chi connectivity index (χ1) is 14.2. The molecule has 4 rings (SSSR count). The highest BCUT2D eigenvalue weighted by Gasteiger charge is 2.25. The van der Waals surface area contributed by atoms with E-state index < -0.39 is 21.1 Å². The van der Waals surface area contributed by atoms with Gasteiger partial charge in [0.05, 0.1) is 34.7 Å². The van der Waals surface area contributed by atoms with Gasteiger partial charge in [-0.3, -0.25) is 4.79 Å². The predicted octanol–water partition coefficient (Wildman–Crippen LogP) is 2.96. The molecule has 30 heavy (non-hydrogen) atoms. The fourth-order valence-electron chi connectivity index (χ4n) is 3.91. The van der Waals surface area contributed by atoms with E-state index in [0.717, 1.165) is 17.2 Å². The number of rotatable bonds is 3. The molecule has 0 atom stereocenters. The molecule has 1 fully saturated rings. The lowest BCUT2D eigenvalue weighted by Crippen LogP contribution is -2.36. The van der Waals surface area contributed by atoms with Crippen LogP contribution in [0.3, 0.4) is 0 Å². The molecule has 0 spiro atoms. The summed E-state index contributed by atoms with van der Waals surface area (Å²) in [6.07, 6.45) is 1.32. The monoisotopic (exact) mass is 430 g/mol. The van der Waals surface area contributed by atoms with Crippen LogP contribution in [-0.4, -0.2) is 39.3 Å². The third-order valence-corrected chi connectivity index (χ3v) is 7.10. The highest BCUT2D eigenvalue weighted by atomic mass is 32.2. The Balaban J connectivity index is 1.91. The Morgan fingerprint density at radius 3 is 2.27 bits per heavy atom. The van der Waals surface area contributed by atoms with Crippen molar-refractivity contribution in [3.05, 3.63) is 63.7 Å². The third kappa shape index (κ3) is 3.50. The number of morpholine rings is 1. The van der Waals surface area contributed by atoms with Crippen LogP contribution in [0, 0.1) is 19.7 Å². The summed E-state index contributed by atoms with van der Waals surface area (Å²) in [5, 5.41) is 0.0393. The third-order valence-electron chi connectivity index (χ3n) is 5.37. The molecule has 0 radical (unpaired) electrons. The van der Waals surface area contributed by atoms with Gasteiger partial charge in [0, 0.05) is 26.3 Å². The van der Waals surface area contributed by atoms with Crippen molar-refractivity contribution in [1.82, 2.24) is 4.57 Å². The molecule has 0 bridgehead atoms. The molecule has 0 saturated carbocycles. The number of fused-ring (bicyclic) bond motifs is 1. The van der Waals surface area contributed by atoms with Gasteiger partial charge < -0.3 is 14.2 Å². The summed E-state index contributed by atoms with van der Waals surface area (Å²) < 4.78 is 48.2. The van der Waals surface area contributed by atoms with Crippen LogP contribution in [0.15, 0.2) is 51.1 Å². The van der Waals surface area contributed by atoms with Gasteiger partial charge in [-0.15, -0.1) is 0 Å². The average molecular weight is 431 g/mol. The number of halogens is 1. The lowest BCUT2D eigenvalue weighted by Gasteiger charge is -2.29. The van der Waals surface area contributed by atoms with Crippen molar-refractivity contribution in [1.29, 1.82) is 0 Å². The first kappa shape index (κ1) is 20.6. The summed E-state index contributed by atoms with van der Waals surface area (Å²) >= 11 is 0. The molecule has 1 aliphatic heterocycles. The lowest BCUT2D eigenvalue weighted by molar-refractivity contribution is 0.122. The Morgan fingerprint density at radius 2 is 1.63 bits per heavy atom. The molecule has 0 amide bonds. The van der Waals surface area contributed by atoms with Crippen LogP contribution in [0.25, 0.3) is 10.9 Å². The molecule has 0 unspecified atom stereocenters. The van der Waals surface area contributed by atoms with Gasteiger partial charge in [0.2, 0.25) is 15.3 Å². The van der Waals surface area contributed by atoms with Gasteiger partial charge in [0.25, 0.3) is 0 Å². The van der Waals surface area contributed by atoms with E-state index in [1.54, 1.807) is 31.5 Å². The maximum atomic E-state index is 14.9. The van der Waals surface area contributed by atoms with E-state index in [-0.39, 0.29) is 15.2 Å². The number of anilines is 1. The van der Waals surface area contributed by atoms with Crippen molar-refractivity contribution in [3.63, 3.8) is 0 Å². The fourth-order valence-corrected chi connectivity index (χ4v) is 5.50. The molecule has 3 aromatic rings. The average Bonchev–Trinajstić information content (AvgIpc) is 2.70. The SMILES string of the molecule is Cc1cc(C)cc(S(=O)(=O)c2cn(C)c3cc(N4CCOCC4)c(F)cc3c2=O)c1. The highest BCUT2D eigenvalue weighted by Crippen LogP contribution is 2.28. The summed E-state index contributed by atoms with van der Waals surface area (Å²) in [6.45, 7) is 5.71. The van der Waals surface area contributed by atoms with E-state index in [4.69, 9.17) is 4.74 Å². The molecule has 8 heteroatoms. The number of nitrogens with zero attached hydrogens (tertiary/aromatic N) is 2. The topological polar surface area (TPSA) is 68.6 Å². The number of hydrogen-bond acceptors (Lipinski definition) is 5. The highest BCUT2D eigenvalue weighted by molar-refractivity contribution is 7.91. The quantitative estimate of drug-likeness (QED) is 0.639. The molecule has 0 aliphatic carbocycles. The summed E-state index contributed by atoms with van der Waals surface area (Å²) in [7, 11) is -2.40. The van der Waals surface area contributed by atoms with Crippen LogP contribution in [0.5, 0.6) is 0 Å². The molecule has 6 nitrogen and oxygen atoms in total. The van der Waals surface area contributed by atoms with E-state index in [1.165, 1.54) is 18.3 Å². The Bertz CT molecular complexity index is 1290. The predicted molar refractivity (Wildman–Crippen MR) is 114 cm³/mol. The molecule has 158 valence electrons. The lowest BCUT2D eigenvalue weighted by atomic mass is 10.1. The first-order valence-corrected chi connectivity index (χ1v) is 11.2. The molecule has 2 aromatic carbocycles. The fraction of sp³-hybridized carbons (Fsp3) is 0.318. The molecular weight excluding hydrogens is 407 g/mol. The van der Waals surface area contributed by atoms with E-state index >= 15 is 0 Å². The molecule has 1 saturated heterocycles.